The van der Waals surface area contributed by atoms with Gasteiger partial charge >= 0.3 is 0 Å². The monoisotopic (exact) mass is 553 g/mol. The van der Waals surface area contributed by atoms with Crippen molar-refractivity contribution in [1.29, 1.82) is 0 Å². The van der Waals surface area contributed by atoms with Crippen LogP contribution in [0.4, 0.5) is 10.9 Å². The van der Waals surface area contributed by atoms with Gasteiger partial charge in [0.25, 0.3) is 5.91 Å². The van der Waals surface area contributed by atoms with E-state index in [4.69, 9.17) is 4.98 Å². The number of hydrogen-bond acceptors (Lipinski definition) is 5. The Labute approximate surface area is 241 Å². The zero-order chi connectivity index (χ0) is 27.6. The maximum absolute atomic E-state index is 13.7. The molecule has 3 heterocycles. The number of benzene rings is 1. The van der Waals surface area contributed by atoms with Gasteiger partial charge in [-0.05, 0) is 99.3 Å². The molecule has 1 aliphatic rings. The summed E-state index contributed by atoms with van der Waals surface area (Å²) in [6, 6.07) is 10.2. The van der Waals surface area contributed by atoms with Crippen LogP contribution in [0, 0.1) is 11.8 Å². The number of imidazole rings is 1. The summed E-state index contributed by atoms with van der Waals surface area (Å²) >= 11 is 1.68. The molecule has 1 amide bonds. The maximum atomic E-state index is 13.7. The molecule has 0 radical (unpaired) electrons. The highest BCUT2D eigenvalue weighted by molar-refractivity contribution is 7.14. The Balaban J connectivity index is 0.00000441. The van der Waals surface area contributed by atoms with E-state index in [9.17, 15) is 4.79 Å². The quantitative estimate of drug-likeness (QED) is 0.231. The number of nitrogens with zero attached hydrogens (tertiary/aromatic N) is 4. The molecule has 7 heteroatoms. The normalized spacial score (nSPS) is 15.1. The van der Waals surface area contributed by atoms with Crippen molar-refractivity contribution in [3.63, 3.8) is 0 Å². The first-order chi connectivity index (χ1) is 18.9. The number of nitrogens with one attached hydrogen (secondary N) is 1. The molecule has 4 rings (SSSR count). The zero-order valence-corrected chi connectivity index (χ0v) is 25.4. The van der Waals surface area contributed by atoms with Gasteiger partial charge in [-0.25, -0.2) is 4.98 Å². The lowest BCUT2D eigenvalue weighted by Crippen LogP contribution is -2.34. The molecule has 1 aromatic carbocycles. The topological polar surface area (TPSA) is 53.4 Å². The molecule has 0 bridgehead atoms. The van der Waals surface area contributed by atoms with E-state index < -0.39 is 0 Å². The Morgan fingerprint density at radius 3 is 2.33 bits per heavy atom. The highest BCUT2D eigenvalue weighted by Crippen LogP contribution is 2.27. The summed E-state index contributed by atoms with van der Waals surface area (Å²) in [5.41, 5.74) is 2.75. The third kappa shape index (κ3) is 8.81. The van der Waals surface area contributed by atoms with E-state index >= 15 is 0 Å². The second kappa shape index (κ2) is 14.8. The fourth-order valence-electron chi connectivity index (χ4n) is 5.35. The standard InChI is InChI=1S/C32H49N5OS.H2/c1-25(2)15-21-36(22-16-26(3)4)31(38)27-13-14-28-29(24-27)37(32(33-28)34-30-12-10-23-39-30)20-11-19-35-17-8-6-5-7-9-18-35;/h10,12-14,23-26H,5-9,11,15-22H2,1-4H3,(H,33,34);1H. The lowest BCUT2D eigenvalue weighted by Gasteiger charge is -2.25. The average Bonchev–Trinajstić information content (AvgIpc) is 3.52. The van der Waals surface area contributed by atoms with Gasteiger partial charge in [0.15, 0.2) is 0 Å². The van der Waals surface area contributed by atoms with Gasteiger partial charge in [0.2, 0.25) is 5.95 Å². The zero-order valence-electron chi connectivity index (χ0n) is 24.6. The summed E-state index contributed by atoms with van der Waals surface area (Å²) in [5.74, 6) is 2.14. The minimum Gasteiger partial charge on any atom is -0.339 e. The number of aryl methyl sites for hydroxylation is 1. The Kier molecular flexibility index (Phi) is 11.3. The van der Waals surface area contributed by atoms with Crippen molar-refractivity contribution in [3.8, 4) is 0 Å². The predicted octanol–water partition coefficient (Wildman–Crippen LogP) is 8.28. The van der Waals surface area contributed by atoms with Crippen molar-refractivity contribution in [3.05, 3.63) is 41.3 Å². The first kappa shape index (κ1) is 29.6. The number of anilines is 2. The number of aromatic nitrogens is 2. The largest absolute Gasteiger partial charge is 0.339 e. The van der Waals surface area contributed by atoms with Crippen LogP contribution < -0.4 is 5.32 Å². The van der Waals surface area contributed by atoms with Crippen molar-refractivity contribution in [2.75, 3.05) is 38.0 Å². The number of amides is 1. The highest BCUT2D eigenvalue weighted by Gasteiger charge is 2.20. The summed E-state index contributed by atoms with van der Waals surface area (Å²) in [5, 5.41) is 6.71. The van der Waals surface area contributed by atoms with Gasteiger partial charge < -0.3 is 19.7 Å². The molecular formula is C32H51N5OS. The van der Waals surface area contributed by atoms with Gasteiger partial charge in [0, 0.05) is 26.6 Å². The lowest BCUT2D eigenvalue weighted by molar-refractivity contribution is 0.0741. The second-order valence-corrected chi connectivity index (χ2v) is 13.0. The van der Waals surface area contributed by atoms with Gasteiger partial charge in [-0.2, -0.15) is 0 Å². The molecule has 0 aliphatic carbocycles. The molecule has 0 unspecified atom stereocenters. The molecule has 0 spiro atoms. The molecule has 1 aliphatic heterocycles. The van der Waals surface area contributed by atoms with Crippen LogP contribution in [-0.2, 0) is 6.54 Å². The number of carbonyl (C=O) groups is 1. The minimum atomic E-state index is 0. The Bertz CT molecular complexity index is 1140. The summed E-state index contributed by atoms with van der Waals surface area (Å²) in [4.78, 5) is 23.4. The van der Waals surface area contributed by atoms with E-state index in [0.717, 1.165) is 73.0 Å². The summed E-state index contributed by atoms with van der Waals surface area (Å²) in [6.07, 6.45) is 9.85. The minimum absolute atomic E-state index is 0. The second-order valence-electron chi connectivity index (χ2n) is 12.0. The number of carbonyl (C=O) groups excluding carboxylic acids is 1. The van der Waals surface area contributed by atoms with Crippen LogP contribution in [0.25, 0.3) is 11.0 Å². The lowest BCUT2D eigenvalue weighted by atomic mass is 10.1. The molecule has 1 fully saturated rings. The van der Waals surface area contributed by atoms with Crippen LogP contribution in [0.2, 0.25) is 0 Å². The van der Waals surface area contributed by atoms with E-state index in [1.807, 2.05) is 12.1 Å². The number of rotatable bonds is 13. The van der Waals surface area contributed by atoms with E-state index in [1.54, 1.807) is 11.3 Å². The molecule has 1 saturated heterocycles. The number of fused-ring (bicyclic) bond motifs is 1. The first-order valence-electron chi connectivity index (χ1n) is 15.2. The number of hydrogen-bond donors (Lipinski definition) is 1. The van der Waals surface area contributed by atoms with Crippen LogP contribution in [0.3, 0.4) is 0 Å². The number of likely N-dealkylation sites (tertiary alicyclic amines) is 1. The third-order valence-electron chi connectivity index (χ3n) is 7.80. The van der Waals surface area contributed by atoms with Crippen molar-refractivity contribution in [2.45, 2.75) is 85.6 Å². The van der Waals surface area contributed by atoms with Crippen LogP contribution >= 0.6 is 11.3 Å². The van der Waals surface area contributed by atoms with E-state index in [0.29, 0.717) is 11.8 Å². The highest BCUT2D eigenvalue weighted by atomic mass is 32.1. The predicted molar refractivity (Wildman–Crippen MR) is 168 cm³/mol. The fraction of sp³-hybridized carbons (Fsp3) is 0.625. The smallest absolute Gasteiger partial charge is 0.253 e. The van der Waals surface area contributed by atoms with Crippen LogP contribution in [0.5, 0.6) is 0 Å². The van der Waals surface area contributed by atoms with E-state index in [1.165, 1.54) is 45.2 Å². The van der Waals surface area contributed by atoms with Crippen LogP contribution in [0.1, 0.15) is 90.8 Å². The molecule has 1 N–H and O–H groups in total. The van der Waals surface area contributed by atoms with Crippen molar-refractivity contribution in [1.82, 2.24) is 19.4 Å². The fourth-order valence-corrected chi connectivity index (χ4v) is 5.96. The SMILES string of the molecule is CC(C)CCN(CCC(C)C)C(=O)c1ccc2nc(Nc3cccs3)n(CCCN3CCCCCCC3)c2c1.[HH]. The van der Waals surface area contributed by atoms with Gasteiger partial charge in [-0.15, -0.1) is 11.3 Å². The molecule has 0 atom stereocenters. The summed E-state index contributed by atoms with van der Waals surface area (Å²) < 4.78 is 2.29. The Morgan fingerprint density at radius 2 is 1.69 bits per heavy atom. The van der Waals surface area contributed by atoms with Crippen molar-refractivity contribution < 1.29 is 6.22 Å². The van der Waals surface area contributed by atoms with Gasteiger partial charge in [0.1, 0.15) is 0 Å². The van der Waals surface area contributed by atoms with Gasteiger partial charge in [-0.3, -0.25) is 4.79 Å². The van der Waals surface area contributed by atoms with E-state index in [-0.39, 0.29) is 7.33 Å². The molecule has 6 nitrogen and oxygen atoms in total. The van der Waals surface area contributed by atoms with Crippen molar-refractivity contribution >= 4 is 39.2 Å². The van der Waals surface area contributed by atoms with Crippen LogP contribution in [0.15, 0.2) is 35.7 Å². The van der Waals surface area contributed by atoms with Gasteiger partial charge in [-0.1, -0.05) is 47.0 Å². The van der Waals surface area contributed by atoms with Gasteiger partial charge in [0.05, 0.1) is 16.0 Å². The Morgan fingerprint density at radius 1 is 1.00 bits per heavy atom. The number of thiophene rings is 1. The van der Waals surface area contributed by atoms with Crippen LogP contribution in [-0.4, -0.2) is 58.0 Å². The molecule has 39 heavy (non-hydrogen) atoms. The summed E-state index contributed by atoms with van der Waals surface area (Å²) in [7, 11) is 0. The first-order valence-corrected chi connectivity index (χ1v) is 16.1. The maximum Gasteiger partial charge on any atom is 0.253 e. The van der Waals surface area contributed by atoms with E-state index in [2.05, 4.69) is 71.0 Å². The molecular weight excluding hydrogens is 502 g/mol. The molecule has 216 valence electrons. The molecule has 3 aromatic rings. The average molecular weight is 554 g/mol. The molecule has 2 aromatic heterocycles. The Hall–Kier alpha value is -2.38. The molecule has 0 saturated carbocycles. The third-order valence-corrected chi connectivity index (χ3v) is 8.58. The van der Waals surface area contributed by atoms with Crippen molar-refractivity contribution in [2.24, 2.45) is 11.8 Å². The summed E-state index contributed by atoms with van der Waals surface area (Å²) in [6.45, 7) is 14.9.